The number of nitrogens with zero attached hydrogens (tertiary/aromatic N) is 3. The van der Waals surface area contributed by atoms with E-state index in [1.807, 2.05) is 6.07 Å². The van der Waals surface area contributed by atoms with E-state index in [4.69, 9.17) is 16.7 Å². The van der Waals surface area contributed by atoms with Crippen LogP contribution in [0.3, 0.4) is 0 Å². The fourth-order valence-electron chi connectivity index (χ4n) is 1.89. The van der Waals surface area contributed by atoms with Crippen LogP contribution < -0.4 is 0 Å². The molecule has 2 rings (SSSR count). The lowest BCUT2D eigenvalue weighted by Gasteiger charge is -2.09. The highest BCUT2D eigenvalue weighted by Gasteiger charge is 2.14. The summed E-state index contributed by atoms with van der Waals surface area (Å²) in [4.78, 5) is 8.88. The number of halogens is 1. The van der Waals surface area contributed by atoms with E-state index < -0.39 is 0 Å². The summed E-state index contributed by atoms with van der Waals surface area (Å²) < 4.78 is 2.06. The molecule has 2 heterocycles. The molecule has 5 heteroatoms. The SMILES string of the molecule is CC(C)c1nc2cc(Cl)cnc2n1CCCO. The first-order chi connectivity index (χ1) is 8.13. The van der Waals surface area contributed by atoms with Gasteiger partial charge in [0.1, 0.15) is 11.3 Å². The second kappa shape index (κ2) is 5.02. The van der Waals surface area contributed by atoms with Crippen LogP contribution in [0.15, 0.2) is 12.3 Å². The maximum Gasteiger partial charge on any atom is 0.160 e. The van der Waals surface area contributed by atoms with Crippen LogP contribution in [0.25, 0.3) is 11.2 Å². The van der Waals surface area contributed by atoms with Crippen molar-refractivity contribution < 1.29 is 5.11 Å². The lowest BCUT2D eigenvalue weighted by molar-refractivity contribution is 0.279. The molecular weight excluding hydrogens is 238 g/mol. The Morgan fingerprint density at radius 2 is 2.24 bits per heavy atom. The lowest BCUT2D eigenvalue weighted by atomic mass is 10.2. The molecule has 0 aliphatic carbocycles. The summed E-state index contributed by atoms with van der Waals surface area (Å²) in [5, 5.41) is 9.53. The number of hydrogen-bond donors (Lipinski definition) is 1. The normalized spacial score (nSPS) is 11.6. The van der Waals surface area contributed by atoms with E-state index in [-0.39, 0.29) is 6.61 Å². The minimum Gasteiger partial charge on any atom is -0.396 e. The zero-order valence-corrected chi connectivity index (χ0v) is 10.8. The molecule has 0 aromatic carbocycles. The van der Waals surface area contributed by atoms with Gasteiger partial charge < -0.3 is 9.67 Å². The molecular formula is C12H16ClN3O. The zero-order chi connectivity index (χ0) is 12.4. The van der Waals surface area contributed by atoms with Gasteiger partial charge in [0.15, 0.2) is 5.65 Å². The van der Waals surface area contributed by atoms with E-state index >= 15 is 0 Å². The maximum atomic E-state index is 8.94. The van der Waals surface area contributed by atoms with Gasteiger partial charge in [-0.3, -0.25) is 0 Å². The van der Waals surface area contributed by atoms with E-state index in [2.05, 4.69) is 28.4 Å². The summed E-state index contributed by atoms with van der Waals surface area (Å²) in [6.45, 7) is 5.09. The second-order valence-corrected chi connectivity index (χ2v) is 4.79. The summed E-state index contributed by atoms with van der Waals surface area (Å²) in [5.41, 5.74) is 1.66. The number of aromatic nitrogens is 3. The van der Waals surface area contributed by atoms with E-state index in [0.717, 1.165) is 23.5 Å². The molecule has 92 valence electrons. The van der Waals surface area contributed by atoms with E-state index in [1.54, 1.807) is 6.20 Å². The Morgan fingerprint density at radius 1 is 1.47 bits per heavy atom. The van der Waals surface area contributed by atoms with Gasteiger partial charge in [0.2, 0.25) is 0 Å². The summed E-state index contributed by atoms with van der Waals surface area (Å²) in [6, 6.07) is 1.82. The Kier molecular flexibility index (Phi) is 3.64. The second-order valence-electron chi connectivity index (χ2n) is 4.35. The number of rotatable bonds is 4. The predicted octanol–water partition coefficient (Wildman–Crippen LogP) is 2.59. The highest BCUT2D eigenvalue weighted by Crippen LogP contribution is 2.22. The van der Waals surface area contributed by atoms with Crippen molar-refractivity contribution in [1.29, 1.82) is 0 Å². The van der Waals surface area contributed by atoms with Crippen LogP contribution >= 0.6 is 11.6 Å². The third-order valence-electron chi connectivity index (χ3n) is 2.64. The number of aryl methyl sites for hydroxylation is 1. The average Bonchev–Trinajstić information content (AvgIpc) is 2.64. The molecule has 0 radical (unpaired) electrons. The molecule has 0 bridgehead atoms. The van der Waals surface area contributed by atoms with Gasteiger partial charge in [0.05, 0.1) is 5.02 Å². The standard InChI is InChI=1S/C12H16ClN3O/c1-8(2)11-15-10-6-9(13)7-14-12(10)16(11)4-3-5-17/h6-8,17H,3-5H2,1-2H3. The highest BCUT2D eigenvalue weighted by atomic mass is 35.5. The van der Waals surface area contributed by atoms with E-state index in [1.165, 1.54) is 0 Å². The number of aliphatic hydroxyl groups is 1. The van der Waals surface area contributed by atoms with Gasteiger partial charge in [0, 0.05) is 25.3 Å². The Hall–Kier alpha value is -1.13. The first-order valence-electron chi connectivity index (χ1n) is 5.76. The first kappa shape index (κ1) is 12.3. The third kappa shape index (κ3) is 2.42. The third-order valence-corrected chi connectivity index (χ3v) is 2.84. The highest BCUT2D eigenvalue weighted by molar-refractivity contribution is 6.31. The quantitative estimate of drug-likeness (QED) is 0.911. The Labute approximate surface area is 105 Å². The lowest BCUT2D eigenvalue weighted by Crippen LogP contribution is -2.07. The number of hydrogen-bond acceptors (Lipinski definition) is 3. The number of imidazole rings is 1. The van der Waals surface area contributed by atoms with Gasteiger partial charge in [-0.25, -0.2) is 9.97 Å². The minimum atomic E-state index is 0.171. The van der Waals surface area contributed by atoms with Crippen LogP contribution in [-0.2, 0) is 6.54 Å². The van der Waals surface area contributed by atoms with Crippen LogP contribution in [0.4, 0.5) is 0 Å². The van der Waals surface area contributed by atoms with Crippen molar-refractivity contribution in [3.8, 4) is 0 Å². The van der Waals surface area contributed by atoms with Crippen molar-refractivity contribution in [1.82, 2.24) is 14.5 Å². The van der Waals surface area contributed by atoms with Crippen LogP contribution in [0, 0.1) is 0 Å². The van der Waals surface area contributed by atoms with Gasteiger partial charge in [-0.1, -0.05) is 25.4 Å². The van der Waals surface area contributed by atoms with Crippen LogP contribution in [-0.4, -0.2) is 26.2 Å². The molecule has 4 nitrogen and oxygen atoms in total. The monoisotopic (exact) mass is 253 g/mol. The number of fused-ring (bicyclic) bond motifs is 1. The van der Waals surface area contributed by atoms with E-state index in [9.17, 15) is 0 Å². The van der Waals surface area contributed by atoms with Crippen molar-refractivity contribution in [3.05, 3.63) is 23.1 Å². The van der Waals surface area contributed by atoms with Crippen molar-refractivity contribution in [3.63, 3.8) is 0 Å². The van der Waals surface area contributed by atoms with E-state index in [0.29, 0.717) is 17.4 Å². The molecule has 0 amide bonds. The molecule has 2 aromatic heterocycles. The smallest absolute Gasteiger partial charge is 0.160 e. The van der Waals surface area contributed by atoms with Crippen molar-refractivity contribution >= 4 is 22.8 Å². The maximum absolute atomic E-state index is 8.94. The van der Waals surface area contributed by atoms with Gasteiger partial charge in [-0.05, 0) is 12.5 Å². The average molecular weight is 254 g/mol. The summed E-state index contributed by atoms with van der Waals surface area (Å²) in [7, 11) is 0. The molecule has 1 N–H and O–H groups in total. The Morgan fingerprint density at radius 3 is 2.88 bits per heavy atom. The Balaban J connectivity index is 2.54. The molecule has 0 saturated carbocycles. The molecule has 0 fully saturated rings. The fraction of sp³-hybridized carbons (Fsp3) is 0.500. The van der Waals surface area contributed by atoms with Gasteiger partial charge in [0.25, 0.3) is 0 Å². The summed E-state index contributed by atoms with van der Waals surface area (Å²) >= 11 is 5.91. The molecule has 0 spiro atoms. The van der Waals surface area contributed by atoms with Crippen LogP contribution in [0.5, 0.6) is 0 Å². The first-order valence-corrected chi connectivity index (χ1v) is 6.14. The summed E-state index contributed by atoms with van der Waals surface area (Å²) in [5.74, 6) is 1.31. The largest absolute Gasteiger partial charge is 0.396 e. The molecule has 0 saturated heterocycles. The molecule has 17 heavy (non-hydrogen) atoms. The number of aliphatic hydroxyl groups excluding tert-OH is 1. The predicted molar refractivity (Wildman–Crippen MR) is 68.3 cm³/mol. The molecule has 2 aromatic rings. The molecule has 0 unspecified atom stereocenters. The van der Waals surface area contributed by atoms with Crippen LogP contribution in [0.2, 0.25) is 5.02 Å². The Bertz CT molecular complexity index is 522. The molecule has 0 aliphatic rings. The fourth-order valence-corrected chi connectivity index (χ4v) is 2.05. The molecule has 0 atom stereocenters. The van der Waals surface area contributed by atoms with Crippen molar-refractivity contribution in [2.75, 3.05) is 6.61 Å². The minimum absolute atomic E-state index is 0.171. The topological polar surface area (TPSA) is 50.9 Å². The van der Waals surface area contributed by atoms with Gasteiger partial charge in [-0.15, -0.1) is 0 Å². The molecule has 0 aliphatic heterocycles. The summed E-state index contributed by atoms with van der Waals surface area (Å²) in [6.07, 6.45) is 2.33. The van der Waals surface area contributed by atoms with Crippen LogP contribution in [0.1, 0.15) is 32.0 Å². The zero-order valence-electron chi connectivity index (χ0n) is 10.0. The van der Waals surface area contributed by atoms with Gasteiger partial charge >= 0.3 is 0 Å². The van der Waals surface area contributed by atoms with Gasteiger partial charge in [-0.2, -0.15) is 0 Å². The van der Waals surface area contributed by atoms with Crippen molar-refractivity contribution in [2.24, 2.45) is 0 Å². The van der Waals surface area contributed by atoms with Crippen molar-refractivity contribution in [2.45, 2.75) is 32.7 Å². The number of pyridine rings is 1.